The summed E-state index contributed by atoms with van der Waals surface area (Å²) in [5.41, 5.74) is 2.72. The number of rotatable bonds is 5. The van der Waals surface area contributed by atoms with Gasteiger partial charge >= 0.3 is 0 Å². The Morgan fingerprint density at radius 3 is 1.70 bits per heavy atom. The van der Waals surface area contributed by atoms with Crippen LogP contribution in [0.4, 0.5) is 5.95 Å². The molecule has 0 aliphatic heterocycles. The van der Waals surface area contributed by atoms with Gasteiger partial charge in [-0.2, -0.15) is 4.98 Å². The molecule has 0 bridgehead atoms. The smallest absolute Gasteiger partial charge is 0.261 e. The van der Waals surface area contributed by atoms with Crippen LogP contribution in [0, 0.1) is 0 Å². The molecule has 0 atom stereocenters. The second-order valence-electron chi connectivity index (χ2n) is 7.13. The first-order valence-electron chi connectivity index (χ1n) is 9.79. The lowest BCUT2D eigenvalue weighted by molar-refractivity contribution is 0.700. The molecule has 2 aromatic heterocycles. The van der Waals surface area contributed by atoms with Crippen LogP contribution in [0.3, 0.4) is 0 Å². The van der Waals surface area contributed by atoms with Gasteiger partial charge in [-0.05, 0) is 22.8 Å². The van der Waals surface area contributed by atoms with E-state index < -0.39 is 5.54 Å². The van der Waals surface area contributed by atoms with Crippen molar-refractivity contribution in [3.63, 3.8) is 0 Å². The van der Waals surface area contributed by atoms with Gasteiger partial charge in [-0.15, -0.1) is 0 Å². The molecular formula is C25H20N4O. The van der Waals surface area contributed by atoms with Gasteiger partial charge in [0, 0.05) is 6.20 Å². The van der Waals surface area contributed by atoms with E-state index >= 15 is 0 Å². The summed E-state index contributed by atoms with van der Waals surface area (Å²) in [4.78, 5) is 23.2. The zero-order valence-corrected chi connectivity index (χ0v) is 16.2. The number of nitrogens with one attached hydrogen (secondary N) is 3. The van der Waals surface area contributed by atoms with Gasteiger partial charge in [0.1, 0.15) is 11.2 Å². The van der Waals surface area contributed by atoms with Crippen molar-refractivity contribution in [2.45, 2.75) is 5.54 Å². The SMILES string of the molecule is O=c1[nH]c(NC(c2ccccc2)(c2ccccc2)c2ccccc2)nc2[nH]ccc12. The molecule has 3 aromatic carbocycles. The standard InChI is InChI=1S/C25H20N4O/c30-23-21-16-17-26-22(21)27-24(28-23)29-25(18-10-4-1-5-11-18,19-12-6-2-7-13-19)20-14-8-3-9-15-20/h1-17H,(H3,26,27,28,29,30). The fraction of sp³-hybridized carbons (Fsp3) is 0.0400. The highest BCUT2D eigenvalue weighted by atomic mass is 16.1. The maximum Gasteiger partial charge on any atom is 0.261 e. The van der Waals surface area contributed by atoms with Gasteiger partial charge < -0.3 is 10.3 Å². The van der Waals surface area contributed by atoms with Crippen molar-refractivity contribution in [2.75, 3.05) is 5.32 Å². The predicted molar refractivity (Wildman–Crippen MR) is 120 cm³/mol. The van der Waals surface area contributed by atoms with Crippen LogP contribution in [0.25, 0.3) is 11.0 Å². The van der Waals surface area contributed by atoms with Crippen LogP contribution in [-0.4, -0.2) is 15.0 Å². The lowest BCUT2D eigenvalue weighted by Crippen LogP contribution is -2.39. The van der Waals surface area contributed by atoms with Gasteiger partial charge in [-0.3, -0.25) is 9.78 Å². The number of fused-ring (bicyclic) bond motifs is 1. The van der Waals surface area contributed by atoms with E-state index in [1.54, 1.807) is 12.3 Å². The second kappa shape index (κ2) is 7.37. The Kier molecular flexibility index (Phi) is 4.41. The zero-order valence-electron chi connectivity index (χ0n) is 16.2. The van der Waals surface area contributed by atoms with E-state index in [1.807, 2.05) is 54.6 Å². The average molecular weight is 392 g/mol. The van der Waals surface area contributed by atoms with E-state index in [-0.39, 0.29) is 5.56 Å². The molecule has 0 saturated heterocycles. The minimum atomic E-state index is -0.750. The Balaban J connectivity index is 1.80. The van der Waals surface area contributed by atoms with Gasteiger partial charge in [0.15, 0.2) is 0 Å². The molecule has 0 aliphatic rings. The van der Waals surface area contributed by atoms with Crippen LogP contribution >= 0.6 is 0 Å². The third kappa shape index (κ3) is 2.97. The van der Waals surface area contributed by atoms with E-state index in [2.05, 4.69) is 56.7 Å². The Labute approximate surface area is 173 Å². The number of aromatic amines is 2. The van der Waals surface area contributed by atoms with Gasteiger partial charge in [0.2, 0.25) is 5.95 Å². The molecule has 0 aliphatic carbocycles. The summed E-state index contributed by atoms with van der Waals surface area (Å²) in [5, 5.41) is 4.11. The highest BCUT2D eigenvalue weighted by molar-refractivity contribution is 5.75. The van der Waals surface area contributed by atoms with E-state index in [0.29, 0.717) is 17.0 Å². The third-order valence-electron chi connectivity index (χ3n) is 5.35. The number of aromatic nitrogens is 3. The van der Waals surface area contributed by atoms with Crippen molar-refractivity contribution in [1.29, 1.82) is 0 Å². The Hall–Kier alpha value is -4.12. The maximum absolute atomic E-state index is 12.6. The molecule has 3 N–H and O–H groups in total. The minimum Gasteiger partial charge on any atom is -0.346 e. The molecule has 5 heteroatoms. The van der Waals surface area contributed by atoms with Crippen molar-refractivity contribution in [3.8, 4) is 0 Å². The normalized spacial score (nSPS) is 11.5. The van der Waals surface area contributed by atoms with Crippen molar-refractivity contribution in [2.24, 2.45) is 0 Å². The summed E-state index contributed by atoms with van der Waals surface area (Å²) in [6, 6.07) is 32.3. The summed E-state index contributed by atoms with van der Waals surface area (Å²) in [7, 11) is 0. The van der Waals surface area contributed by atoms with Crippen LogP contribution in [0.5, 0.6) is 0 Å². The first-order chi connectivity index (χ1) is 14.8. The third-order valence-corrected chi connectivity index (χ3v) is 5.35. The number of hydrogen-bond donors (Lipinski definition) is 3. The van der Waals surface area contributed by atoms with E-state index in [9.17, 15) is 4.79 Å². The highest BCUT2D eigenvalue weighted by Crippen LogP contribution is 2.39. The number of nitrogens with zero attached hydrogens (tertiary/aromatic N) is 1. The Bertz CT molecular complexity index is 1230. The minimum absolute atomic E-state index is 0.188. The second-order valence-corrected chi connectivity index (χ2v) is 7.13. The molecule has 0 fully saturated rings. The van der Waals surface area contributed by atoms with Crippen molar-refractivity contribution < 1.29 is 0 Å². The zero-order chi connectivity index (χ0) is 20.4. The number of hydrogen-bond acceptors (Lipinski definition) is 3. The van der Waals surface area contributed by atoms with Gasteiger partial charge in [0.25, 0.3) is 5.56 Å². The van der Waals surface area contributed by atoms with Gasteiger partial charge in [0.05, 0.1) is 5.39 Å². The van der Waals surface area contributed by atoms with Gasteiger partial charge in [-0.25, -0.2) is 0 Å². The van der Waals surface area contributed by atoms with E-state index in [0.717, 1.165) is 16.7 Å². The maximum atomic E-state index is 12.6. The Morgan fingerprint density at radius 1 is 0.700 bits per heavy atom. The molecular weight excluding hydrogens is 372 g/mol. The number of anilines is 1. The molecule has 30 heavy (non-hydrogen) atoms. The molecule has 0 saturated carbocycles. The Morgan fingerprint density at radius 2 is 1.20 bits per heavy atom. The molecule has 5 nitrogen and oxygen atoms in total. The van der Waals surface area contributed by atoms with E-state index in [4.69, 9.17) is 0 Å². The van der Waals surface area contributed by atoms with Crippen molar-refractivity contribution >= 4 is 17.0 Å². The monoisotopic (exact) mass is 392 g/mol. The highest BCUT2D eigenvalue weighted by Gasteiger charge is 2.37. The number of benzene rings is 3. The number of H-pyrrole nitrogens is 2. The first-order valence-corrected chi connectivity index (χ1v) is 9.79. The molecule has 0 spiro atoms. The topological polar surface area (TPSA) is 73.6 Å². The summed E-state index contributed by atoms with van der Waals surface area (Å²) >= 11 is 0. The van der Waals surface area contributed by atoms with Crippen LogP contribution in [0.2, 0.25) is 0 Å². The van der Waals surface area contributed by atoms with Crippen LogP contribution in [0.1, 0.15) is 16.7 Å². The van der Waals surface area contributed by atoms with Crippen LogP contribution < -0.4 is 10.9 Å². The molecule has 5 rings (SSSR count). The fourth-order valence-corrected chi connectivity index (χ4v) is 3.97. The molecule has 146 valence electrons. The summed E-state index contributed by atoms with van der Waals surface area (Å²) in [5.74, 6) is 0.395. The van der Waals surface area contributed by atoms with Crippen LogP contribution in [-0.2, 0) is 5.54 Å². The van der Waals surface area contributed by atoms with Gasteiger partial charge in [-0.1, -0.05) is 91.0 Å². The average Bonchev–Trinajstić information content (AvgIpc) is 3.29. The fourth-order valence-electron chi connectivity index (χ4n) is 3.97. The lowest BCUT2D eigenvalue weighted by atomic mass is 9.77. The quantitative estimate of drug-likeness (QED) is 0.381. The summed E-state index contributed by atoms with van der Waals surface area (Å²) < 4.78 is 0. The van der Waals surface area contributed by atoms with Crippen molar-refractivity contribution in [1.82, 2.24) is 15.0 Å². The van der Waals surface area contributed by atoms with Crippen molar-refractivity contribution in [3.05, 3.63) is 130 Å². The predicted octanol–water partition coefficient (Wildman–Crippen LogP) is 4.66. The molecule has 2 heterocycles. The first kappa shape index (κ1) is 17.9. The lowest BCUT2D eigenvalue weighted by Gasteiger charge is -2.37. The summed E-state index contributed by atoms with van der Waals surface area (Å²) in [6.45, 7) is 0. The molecule has 0 radical (unpaired) electrons. The molecule has 5 aromatic rings. The molecule has 0 unspecified atom stereocenters. The van der Waals surface area contributed by atoms with Crippen LogP contribution in [0.15, 0.2) is 108 Å². The largest absolute Gasteiger partial charge is 0.346 e. The van der Waals surface area contributed by atoms with E-state index in [1.165, 1.54) is 0 Å². The summed E-state index contributed by atoms with van der Waals surface area (Å²) in [6.07, 6.45) is 1.72. The molecule has 0 amide bonds.